The van der Waals surface area contributed by atoms with Gasteiger partial charge in [-0.3, -0.25) is 9.48 Å². The van der Waals surface area contributed by atoms with Crippen molar-refractivity contribution in [3.05, 3.63) is 18.0 Å². The van der Waals surface area contributed by atoms with Crippen LogP contribution in [0.5, 0.6) is 0 Å². The molecule has 1 heterocycles. The molecular formula is C9H16N4O. The van der Waals surface area contributed by atoms with Gasteiger partial charge in [-0.2, -0.15) is 5.10 Å². The molecule has 0 saturated heterocycles. The summed E-state index contributed by atoms with van der Waals surface area (Å²) in [7, 11) is 1.77. The lowest BCUT2D eigenvalue weighted by molar-refractivity contribution is 0.0910. The van der Waals surface area contributed by atoms with Gasteiger partial charge in [-0.1, -0.05) is 0 Å². The summed E-state index contributed by atoms with van der Waals surface area (Å²) in [5.41, 5.74) is 5.51. The van der Waals surface area contributed by atoms with E-state index in [-0.39, 0.29) is 5.91 Å². The maximum Gasteiger partial charge on any atom is 0.272 e. The smallest absolute Gasteiger partial charge is 0.272 e. The van der Waals surface area contributed by atoms with Gasteiger partial charge in [-0.05, 0) is 19.9 Å². The second-order valence-corrected chi connectivity index (χ2v) is 3.92. The fourth-order valence-electron chi connectivity index (χ4n) is 0.959. The van der Waals surface area contributed by atoms with E-state index in [1.54, 1.807) is 24.0 Å². The first-order chi connectivity index (χ1) is 6.44. The molecule has 5 heteroatoms. The van der Waals surface area contributed by atoms with E-state index in [2.05, 4.69) is 10.4 Å². The maximum absolute atomic E-state index is 11.6. The molecule has 5 nitrogen and oxygen atoms in total. The molecule has 0 spiro atoms. The molecule has 0 saturated carbocycles. The number of nitrogens with two attached hydrogens (primary N) is 1. The second kappa shape index (κ2) is 3.79. The molecule has 3 N–H and O–H groups in total. The quantitative estimate of drug-likeness (QED) is 0.708. The lowest BCUT2D eigenvalue weighted by atomic mass is 10.1. The molecule has 0 aromatic carbocycles. The number of hydrogen-bond acceptors (Lipinski definition) is 3. The molecule has 1 aromatic rings. The molecule has 0 aliphatic carbocycles. The number of carbonyl (C=O) groups excluding carboxylic acids is 1. The van der Waals surface area contributed by atoms with Crippen molar-refractivity contribution < 1.29 is 4.79 Å². The Morgan fingerprint density at radius 3 is 2.79 bits per heavy atom. The van der Waals surface area contributed by atoms with Crippen LogP contribution in [0.2, 0.25) is 0 Å². The highest BCUT2D eigenvalue weighted by Crippen LogP contribution is 2.01. The zero-order chi connectivity index (χ0) is 10.8. The van der Waals surface area contributed by atoms with Gasteiger partial charge in [0.15, 0.2) is 0 Å². The average molecular weight is 196 g/mol. The van der Waals surface area contributed by atoms with Gasteiger partial charge in [0.05, 0.1) is 0 Å². The summed E-state index contributed by atoms with van der Waals surface area (Å²) in [5, 5.41) is 6.79. The summed E-state index contributed by atoms with van der Waals surface area (Å²) in [6.45, 7) is 4.13. The Hall–Kier alpha value is -1.36. The number of hydrogen-bond donors (Lipinski definition) is 2. The summed E-state index contributed by atoms with van der Waals surface area (Å²) in [6.07, 6.45) is 1.73. The maximum atomic E-state index is 11.6. The third kappa shape index (κ3) is 2.56. The first-order valence-electron chi connectivity index (χ1n) is 4.47. The first kappa shape index (κ1) is 10.7. The number of carbonyl (C=O) groups is 1. The van der Waals surface area contributed by atoms with Gasteiger partial charge in [0, 0.05) is 25.3 Å². The van der Waals surface area contributed by atoms with Crippen LogP contribution in [0.25, 0.3) is 0 Å². The van der Waals surface area contributed by atoms with Crippen LogP contribution in [0.4, 0.5) is 0 Å². The second-order valence-electron chi connectivity index (χ2n) is 3.92. The monoisotopic (exact) mass is 196 g/mol. The third-order valence-electron chi connectivity index (χ3n) is 1.91. The van der Waals surface area contributed by atoms with Gasteiger partial charge in [0.1, 0.15) is 5.69 Å². The number of aryl methyl sites for hydroxylation is 1. The first-order valence-corrected chi connectivity index (χ1v) is 4.47. The highest BCUT2D eigenvalue weighted by atomic mass is 16.2. The van der Waals surface area contributed by atoms with Crippen molar-refractivity contribution >= 4 is 5.91 Å². The zero-order valence-corrected chi connectivity index (χ0v) is 8.74. The molecule has 0 fully saturated rings. The Kier molecular flexibility index (Phi) is 2.90. The summed E-state index contributed by atoms with van der Waals surface area (Å²) >= 11 is 0. The minimum absolute atomic E-state index is 0.193. The fraction of sp³-hybridized carbons (Fsp3) is 0.556. The molecule has 1 amide bonds. The van der Waals surface area contributed by atoms with Crippen molar-refractivity contribution in [2.24, 2.45) is 12.8 Å². The fourth-order valence-corrected chi connectivity index (χ4v) is 0.959. The Morgan fingerprint density at radius 1 is 1.71 bits per heavy atom. The molecule has 1 rings (SSSR count). The van der Waals surface area contributed by atoms with Gasteiger partial charge in [0.2, 0.25) is 0 Å². The molecular weight excluding hydrogens is 180 g/mol. The summed E-state index contributed by atoms with van der Waals surface area (Å²) in [5.74, 6) is -0.193. The van der Waals surface area contributed by atoms with Crippen LogP contribution in [0.1, 0.15) is 24.3 Å². The molecule has 0 bridgehead atoms. The van der Waals surface area contributed by atoms with Gasteiger partial charge >= 0.3 is 0 Å². The van der Waals surface area contributed by atoms with Crippen molar-refractivity contribution in [3.63, 3.8) is 0 Å². The van der Waals surface area contributed by atoms with Gasteiger partial charge in [-0.15, -0.1) is 0 Å². The number of nitrogens with one attached hydrogen (secondary N) is 1. The summed E-state index contributed by atoms with van der Waals surface area (Å²) < 4.78 is 1.59. The van der Waals surface area contributed by atoms with Crippen LogP contribution in [0.3, 0.4) is 0 Å². The zero-order valence-electron chi connectivity index (χ0n) is 8.74. The molecule has 78 valence electrons. The number of aromatic nitrogens is 2. The normalized spacial score (nSPS) is 11.4. The largest absolute Gasteiger partial charge is 0.344 e. The predicted octanol–water partition coefficient (Wildman–Crippen LogP) is -0.113. The van der Waals surface area contributed by atoms with Gasteiger partial charge in [-0.25, -0.2) is 0 Å². The van der Waals surface area contributed by atoms with Crippen molar-refractivity contribution in [2.45, 2.75) is 19.4 Å². The number of amides is 1. The Morgan fingerprint density at radius 2 is 2.36 bits per heavy atom. The summed E-state index contributed by atoms with van der Waals surface area (Å²) in [4.78, 5) is 11.6. The minimum atomic E-state index is -0.394. The van der Waals surface area contributed by atoms with E-state index < -0.39 is 5.54 Å². The van der Waals surface area contributed by atoms with Crippen molar-refractivity contribution in [1.29, 1.82) is 0 Å². The van der Waals surface area contributed by atoms with E-state index in [4.69, 9.17) is 5.73 Å². The topological polar surface area (TPSA) is 72.9 Å². The lowest BCUT2D eigenvalue weighted by Gasteiger charge is -2.23. The number of rotatable bonds is 3. The highest BCUT2D eigenvalue weighted by Gasteiger charge is 2.20. The molecule has 0 unspecified atom stereocenters. The van der Waals surface area contributed by atoms with Crippen LogP contribution >= 0.6 is 0 Å². The predicted molar refractivity (Wildman–Crippen MR) is 53.8 cm³/mol. The van der Waals surface area contributed by atoms with Crippen molar-refractivity contribution in [2.75, 3.05) is 6.54 Å². The molecule has 0 radical (unpaired) electrons. The van der Waals surface area contributed by atoms with Gasteiger partial charge in [0.25, 0.3) is 5.91 Å². The van der Waals surface area contributed by atoms with Crippen LogP contribution in [0.15, 0.2) is 12.3 Å². The molecule has 0 aliphatic rings. The van der Waals surface area contributed by atoms with E-state index in [1.165, 1.54) is 0 Å². The highest BCUT2D eigenvalue weighted by molar-refractivity contribution is 5.92. The minimum Gasteiger partial charge on any atom is -0.344 e. The van der Waals surface area contributed by atoms with Crippen LogP contribution in [-0.2, 0) is 7.05 Å². The lowest BCUT2D eigenvalue weighted by Crippen LogP contribution is -2.48. The standard InChI is InChI=1S/C9H16N4O/c1-9(2,6-10)11-8(14)7-4-5-13(3)12-7/h4-5H,6,10H2,1-3H3,(H,11,14). The van der Waals surface area contributed by atoms with Crippen molar-refractivity contribution in [1.82, 2.24) is 15.1 Å². The number of nitrogens with zero attached hydrogens (tertiary/aromatic N) is 2. The Labute approximate surface area is 83.3 Å². The SMILES string of the molecule is Cn1ccc(C(=O)NC(C)(C)CN)n1. The third-order valence-corrected chi connectivity index (χ3v) is 1.91. The van der Waals surface area contributed by atoms with E-state index in [9.17, 15) is 4.79 Å². The van der Waals surface area contributed by atoms with Crippen LogP contribution < -0.4 is 11.1 Å². The van der Waals surface area contributed by atoms with Crippen molar-refractivity contribution in [3.8, 4) is 0 Å². The van der Waals surface area contributed by atoms with Crippen LogP contribution in [-0.4, -0.2) is 27.8 Å². The van der Waals surface area contributed by atoms with Gasteiger partial charge < -0.3 is 11.1 Å². The van der Waals surface area contributed by atoms with E-state index in [0.717, 1.165) is 0 Å². The van der Waals surface area contributed by atoms with E-state index in [0.29, 0.717) is 12.2 Å². The van der Waals surface area contributed by atoms with E-state index >= 15 is 0 Å². The molecule has 0 aliphatic heterocycles. The van der Waals surface area contributed by atoms with E-state index in [1.807, 2.05) is 13.8 Å². The molecule has 0 atom stereocenters. The van der Waals surface area contributed by atoms with Crippen LogP contribution in [0, 0.1) is 0 Å². The molecule has 14 heavy (non-hydrogen) atoms. The summed E-state index contributed by atoms with van der Waals surface area (Å²) in [6, 6.07) is 1.67. The Balaban J connectivity index is 2.68. The molecule has 1 aromatic heterocycles. The Bertz CT molecular complexity index is 329. The average Bonchev–Trinajstić information content (AvgIpc) is 2.51.